The van der Waals surface area contributed by atoms with Crippen LogP contribution >= 0.6 is 0 Å². The number of amides is 1. The number of para-hydroxylation sites is 2. The molecule has 4 aromatic rings. The van der Waals surface area contributed by atoms with E-state index in [0.29, 0.717) is 11.4 Å². The molecule has 1 N–H and O–H groups in total. The highest BCUT2D eigenvalue weighted by Crippen LogP contribution is 2.28. The Bertz CT molecular complexity index is 1050. The Hall–Kier alpha value is -3.60. The third-order valence-electron chi connectivity index (χ3n) is 4.12. The van der Waals surface area contributed by atoms with Crippen molar-refractivity contribution in [2.24, 2.45) is 7.05 Å². The zero-order chi connectivity index (χ0) is 17.9. The van der Waals surface area contributed by atoms with Gasteiger partial charge < -0.3 is 4.74 Å². The second-order valence-electron chi connectivity index (χ2n) is 5.89. The third kappa shape index (κ3) is 3.15. The first kappa shape index (κ1) is 15.9. The molecule has 0 spiro atoms. The lowest BCUT2D eigenvalue weighted by atomic mass is 10.1. The zero-order valence-corrected chi connectivity index (χ0v) is 14.2. The molecule has 0 saturated carbocycles. The molecule has 0 aliphatic rings. The molecule has 128 valence electrons. The number of hydrogen-bond donors (Lipinski definition) is 1. The minimum absolute atomic E-state index is 0.501. The minimum Gasteiger partial charge on any atom is -0.410 e. The molecule has 0 fully saturated rings. The van der Waals surface area contributed by atoms with Crippen LogP contribution in [0.2, 0.25) is 0 Å². The van der Waals surface area contributed by atoms with Gasteiger partial charge in [0.15, 0.2) is 0 Å². The average molecular weight is 343 g/mol. The van der Waals surface area contributed by atoms with Crippen LogP contribution in [0.15, 0.2) is 78.9 Å². The van der Waals surface area contributed by atoms with Crippen LogP contribution in [0, 0.1) is 0 Å². The van der Waals surface area contributed by atoms with Crippen LogP contribution in [0.25, 0.3) is 22.2 Å². The van der Waals surface area contributed by atoms with E-state index < -0.39 is 6.09 Å². The summed E-state index contributed by atoms with van der Waals surface area (Å²) in [6.07, 6.45) is -0.521. The van der Waals surface area contributed by atoms with Gasteiger partial charge in [0.25, 0.3) is 0 Å². The van der Waals surface area contributed by atoms with E-state index in [1.54, 1.807) is 12.1 Å². The lowest BCUT2D eigenvalue weighted by Crippen LogP contribution is -2.16. The Kier molecular flexibility index (Phi) is 4.11. The molecule has 4 rings (SSSR count). The van der Waals surface area contributed by atoms with Gasteiger partial charge in [0.2, 0.25) is 0 Å². The number of nitrogens with zero attached hydrogens (tertiary/aromatic N) is 2. The lowest BCUT2D eigenvalue weighted by molar-refractivity contribution is 0.215. The number of carbonyl (C=O) groups excluding carboxylic acids is 1. The van der Waals surface area contributed by atoms with E-state index in [1.165, 1.54) is 0 Å². The first-order valence-electron chi connectivity index (χ1n) is 8.27. The van der Waals surface area contributed by atoms with Gasteiger partial charge in [0.1, 0.15) is 11.4 Å². The smallest absolute Gasteiger partial charge is 0.410 e. The highest BCUT2D eigenvalue weighted by Gasteiger charge is 2.10. The van der Waals surface area contributed by atoms with Crippen LogP contribution in [0.1, 0.15) is 0 Å². The molecule has 26 heavy (non-hydrogen) atoms. The summed E-state index contributed by atoms with van der Waals surface area (Å²) in [5, 5.41) is 8.43. The molecular formula is C21H17N3O2. The second-order valence-corrected chi connectivity index (χ2v) is 5.89. The van der Waals surface area contributed by atoms with Crippen molar-refractivity contribution in [2.75, 3.05) is 5.32 Å². The quantitative estimate of drug-likeness (QED) is 0.578. The van der Waals surface area contributed by atoms with Gasteiger partial charge in [-0.25, -0.2) is 4.79 Å². The minimum atomic E-state index is -0.521. The average Bonchev–Trinajstić information content (AvgIpc) is 3.00. The van der Waals surface area contributed by atoms with Crippen LogP contribution in [0.5, 0.6) is 5.75 Å². The third-order valence-corrected chi connectivity index (χ3v) is 4.12. The Morgan fingerprint density at radius 1 is 0.923 bits per heavy atom. The summed E-state index contributed by atoms with van der Waals surface area (Å²) in [5.74, 6) is 0.501. The maximum Gasteiger partial charge on any atom is 0.417 e. The van der Waals surface area contributed by atoms with E-state index in [4.69, 9.17) is 4.74 Å². The number of ether oxygens (including phenoxy) is 1. The molecule has 0 unspecified atom stereocenters. The van der Waals surface area contributed by atoms with Crippen molar-refractivity contribution in [2.45, 2.75) is 0 Å². The molecule has 0 bridgehead atoms. The second kappa shape index (κ2) is 6.72. The molecule has 1 aromatic heterocycles. The van der Waals surface area contributed by atoms with Gasteiger partial charge in [-0.15, -0.1) is 0 Å². The van der Waals surface area contributed by atoms with Gasteiger partial charge in [-0.05, 0) is 30.3 Å². The van der Waals surface area contributed by atoms with Crippen molar-refractivity contribution in [3.05, 3.63) is 78.9 Å². The summed E-state index contributed by atoms with van der Waals surface area (Å²) in [6.45, 7) is 0. The van der Waals surface area contributed by atoms with Gasteiger partial charge in [-0.2, -0.15) is 5.10 Å². The van der Waals surface area contributed by atoms with Gasteiger partial charge in [-0.1, -0.05) is 48.5 Å². The van der Waals surface area contributed by atoms with Crippen LogP contribution in [-0.4, -0.2) is 15.9 Å². The van der Waals surface area contributed by atoms with E-state index in [0.717, 1.165) is 22.2 Å². The van der Waals surface area contributed by atoms with E-state index in [1.807, 2.05) is 72.4 Å². The topological polar surface area (TPSA) is 56.2 Å². The van der Waals surface area contributed by atoms with Crippen LogP contribution in [0.4, 0.5) is 10.5 Å². The number of benzene rings is 3. The summed E-state index contributed by atoms with van der Waals surface area (Å²) in [5.41, 5.74) is 3.65. The first-order chi connectivity index (χ1) is 12.7. The number of aryl methyl sites for hydroxylation is 1. The maximum absolute atomic E-state index is 12.0. The fraction of sp³-hybridized carbons (Fsp3) is 0.0476. The summed E-state index contributed by atoms with van der Waals surface area (Å²) < 4.78 is 7.10. The van der Waals surface area contributed by atoms with Crippen molar-refractivity contribution in [3.63, 3.8) is 0 Å². The largest absolute Gasteiger partial charge is 0.417 e. The van der Waals surface area contributed by atoms with Crippen molar-refractivity contribution in [1.82, 2.24) is 9.78 Å². The lowest BCUT2D eigenvalue weighted by Gasteiger charge is -2.07. The molecule has 0 saturated heterocycles. The monoisotopic (exact) mass is 343 g/mol. The normalized spacial score (nSPS) is 10.7. The standard InChI is InChI=1S/C21H17N3O2/c1-24-19-10-6-5-9-18(19)20(23-24)15-11-13-16(14-12-15)22-21(25)26-17-7-3-2-4-8-17/h2-14H,1H3,(H,22,25). The highest BCUT2D eigenvalue weighted by atomic mass is 16.6. The van der Waals surface area contributed by atoms with Crippen molar-refractivity contribution >= 4 is 22.7 Å². The number of aromatic nitrogens is 2. The number of nitrogens with one attached hydrogen (secondary N) is 1. The zero-order valence-electron chi connectivity index (χ0n) is 14.2. The van der Waals surface area contributed by atoms with E-state index in [2.05, 4.69) is 16.5 Å². The highest BCUT2D eigenvalue weighted by molar-refractivity contribution is 5.94. The summed E-state index contributed by atoms with van der Waals surface area (Å²) >= 11 is 0. The molecule has 5 nitrogen and oxygen atoms in total. The number of hydrogen-bond acceptors (Lipinski definition) is 3. The predicted molar refractivity (Wildman–Crippen MR) is 102 cm³/mol. The molecule has 5 heteroatoms. The van der Waals surface area contributed by atoms with Crippen molar-refractivity contribution in [1.29, 1.82) is 0 Å². The first-order valence-corrected chi connectivity index (χ1v) is 8.27. The Morgan fingerprint density at radius 2 is 1.62 bits per heavy atom. The number of anilines is 1. The fourth-order valence-electron chi connectivity index (χ4n) is 2.88. The molecule has 3 aromatic carbocycles. The molecule has 1 amide bonds. The van der Waals surface area contributed by atoms with E-state index in [9.17, 15) is 4.79 Å². The molecule has 0 aliphatic heterocycles. The maximum atomic E-state index is 12.0. The van der Waals surface area contributed by atoms with Crippen LogP contribution in [-0.2, 0) is 7.05 Å². The predicted octanol–water partition coefficient (Wildman–Crippen LogP) is 4.85. The summed E-state index contributed by atoms with van der Waals surface area (Å²) in [4.78, 5) is 12.0. The molecule has 0 radical (unpaired) electrons. The number of carbonyl (C=O) groups is 1. The van der Waals surface area contributed by atoms with Gasteiger partial charge >= 0.3 is 6.09 Å². The Labute approximate surface area is 150 Å². The van der Waals surface area contributed by atoms with Crippen molar-refractivity contribution in [3.8, 4) is 17.0 Å². The molecule has 0 aliphatic carbocycles. The Morgan fingerprint density at radius 3 is 2.38 bits per heavy atom. The Balaban J connectivity index is 1.52. The fourth-order valence-corrected chi connectivity index (χ4v) is 2.88. The van der Waals surface area contributed by atoms with Gasteiger partial charge in [0.05, 0.1) is 5.52 Å². The summed E-state index contributed by atoms with van der Waals surface area (Å²) in [7, 11) is 1.93. The van der Waals surface area contributed by atoms with E-state index >= 15 is 0 Å². The molecular weight excluding hydrogens is 326 g/mol. The van der Waals surface area contributed by atoms with Crippen LogP contribution < -0.4 is 10.1 Å². The SMILES string of the molecule is Cn1nc(-c2ccc(NC(=O)Oc3ccccc3)cc2)c2ccccc21. The van der Waals surface area contributed by atoms with Gasteiger partial charge in [-0.3, -0.25) is 10.00 Å². The molecule has 0 atom stereocenters. The number of fused-ring (bicyclic) bond motifs is 1. The number of rotatable bonds is 3. The van der Waals surface area contributed by atoms with Crippen molar-refractivity contribution < 1.29 is 9.53 Å². The summed E-state index contributed by atoms with van der Waals surface area (Å²) in [6, 6.07) is 24.6. The molecule has 1 heterocycles. The van der Waals surface area contributed by atoms with Gasteiger partial charge in [0, 0.05) is 23.7 Å². The van der Waals surface area contributed by atoms with E-state index in [-0.39, 0.29) is 0 Å². The van der Waals surface area contributed by atoms with Crippen LogP contribution in [0.3, 0.4) is 0 Å².